The van der Waals surface area contributed by atoms with E-state index in [0.29, 0.717) is 15.9 Å². The molecule has 0 atom stereocenters. The van der Waals surface area contributed by atoms with Crippen molar-refractivity contribution in [2.24, 2.45) is 0 Å². The van der Waals surface area contributed by atoms with Crippen LogP contribution in [0.25, 0.3) is 0 Å². The fraction of sp³-hybridized carbons (Fsp3) is 0.500. The van der Waals surface area contributed by atoms with Gasteiger partial charge in [-0.1, -0.05) is 55.3 Å². The number of hydrogen-bond acceptors (Lipinski definition) is 2. The Labute approximate surface area is 105 Å². The lowest BCUT2D eigenvalue weighted by Gasteiger charge is -2.18. The van der Waals surface area contributed by atoms with Gasteiger partial charge in [0.2, 0.25) is 10.0 Å². The Kier molecular flexibility index (Phi) is 5.36. The van der Waals surface area contributed by atoms with Gasteiger partial charge in [0.1, 0.15) is 2.84 Å². The minimum absolute atomic E-state index is 0.149. The van der Waals surface area contributed by atoms with Crippen molar-refractivity contribution in [3.05, 3.63) is 8.17 Å². The van der Waals surface area contributed by atoms with Crippen LogP contribution in [0.2, 0.25) is 0 Å². The molecule has 1 aliphatic rings. The van der Waals surface area contributed by atoms with E-state index in [4.69, 9.17) is 0 Å². The first-order chi connectivity index (χ1) is 6.62. The molecule has 0 saturated heterocycles. The van der Waals surface area contributed by atoms with Gasteiger partial charge >= 0.3 is 0 Å². The molecule has 0 unspecified atom stereocenters. The third-order valence-corrected chi connectivity index (χ3v) is 12.2. The van der Waals surface area contributed by atoms with Crippen LogP contribution in [0.5, 0.6) is 0 Å². The average Bonchev–Trinajstić information content (AvgIpc) is 2.20. The number of sulfonamides is 1. The molecule has 1 heterocycles. The Morgan fingerprint density at radius 2 is 1.93 bits per heavy atom. The zero-order chi connectivity index (χ0) is 10.6. The second-order valence-corrected chi connectivity index (χ2v) is 9.69. The van der Waals surface area contributed by atoms with E-state index >= 15 is 0 Å². The van der Waals surface area contributed by atoms with Crippen molar-refractivity contribution in [3.8, 4) is 0 Å². The molecule has 1 aliphatic heterocycles. The van der Waals surface area contributed by atoms with Crippen molar-refractivity contribution >= 4 is 58.3 Å². The van der Waals surface area contributed by atoms with Crippen LogP contribution in [0.1, 0.15) is 13.8 Å². The minimum atomic E-state index is -3.10. The summed E-state index contributed by atoms with van der Waals surface area (Å²) >= 11 is -0.557. The highest BCUT2D eigenvalue weighted by atomic mass is 127. The summed E-state index contributed by atoms with van der Waals surface area (Å²) in [6.07, 6.45) is 0. The quantitative estimate of drug-likeness (QED) is 0.627. The Morgan fingerprint density at radius 1 is 1.29 bits per heavy atom. The highest BCUT2D eigenvalue weighted by Crippen LogP contribution is 2.19. The maximum absolute atomic E-state index is 12.0. The fourth-order valence-corrected chi connectivity index (χ4v) is 10.7. The average molecular weight is 441 g/mol. The highest BCUT2D eigenvalue weighted by Gasteiger charge is 2.23. The van der Waals surface area contributed by atoms with Crippen molar-refractivity contribution in [1.29, 1.82) is 0 Å². The van der Waals surface area contributed by atoms with E-state index < -0.39 is 30.8 Å². The molecule has 0 bridgehead atoms. The van der Waals surface area contributed by atoms with Gasteiger partial charge in [-0.25, -0.2) is 8.42 Å². The van der Waals surface area contributed by atoms with E-state index in [1.165, 1.54) is 0 Å². The van der Waals surface area contributed by atoms with Gasteiger partial charge in [0.15, 0.2) is 0 Å². The van der Waals surface area contributed by atoms with E-state index in [-0.39, 0.29) is 20.7 Å². The summed E-state index contributed by atoms with van der Waals surface area (Å²) in [6, 6.07) is 0. The molecule has 0 saturated carbocycles. The summed E-state index contributed by atoms with van der Waals surface area (Å²) in [5.74, 6) is 0. The van der Waals surface area contributed by atoms with Crippen LogP contribution in [0.4, 0.5) is 0 Å². The maximum atomic E-state index is 12.0. The first-order valence-corrected chi connectivity index (χ1v) is 10.5. The van der Waals surface area contributed by atoms with Crippen LogP contribution in [-0.4, -0.2) is 32.7 Å². The number of rotatable bonds is 4. The van der Waals surface area contributed by atoms with Gasteiger partial charge in [-0.2, -0.15) is 4.31 Å². The second kappa shape index (κ2) is 5.80. The van der Waals surface area contributed by atoms with Crippen LogP contribution in [0.15, 0.2) is 8.17 Å². The fourth-order valence-electron chi connectivity index (χ4n) is 1.02. The first kappa shape index (κ1) is 12.9. The lowest BCUT2D eigenvalue weighted by atomic mass is 10.7. The van der Waals surface area contributed by atoms with Crippen LogP contribution < -0.4 is 0 Å². The van der Waals surface area contributed by atoms with Crippen LogP contribution in [0.3, 0.4) is 0 Å². The Balaban J connectivity index is 3.01. The molecule has 0 aromatic carbocycles. The van der Waals surface area contributed by atoms with Gasteiger partial charge in [-0.05, 0) is 12.2 Å². The summed E-state index contributed by atoms with van der Waals surface area (Å²) in [7, 11) is -3.10. The van der Waals surface area contributed by atoms with Gasteiger partial charge in [0, 0.05) is 13.1 Å². The molecule has 0 radical (unpaired) electrons. The molecule has 0 fully saturated rings. The van der Waals surface area contributed by atoms with Gasteiger partial charge in [-0.3, -0.25) is 0 Å². The zero-order valence-corrected chi connectivity index (χ0v) is 13.2. The van der Waals surface area contributed by atoms with Crippen LogP contribution in [0, 0.1) is 0 Å². The number of hydrogen-bond donors (Lipinski definition) is 0. The topological polar surface area (TPSA) is 37.4 Å². The van der Waals surface area contributed by atoms with Crippen molar-refractivity contribution in [2.75, 3.05) is 13.1 Å². The molecule has 82 valence electrons. The summed E-state index contributed by atoms with van der Waals surface area (Å²) in [5, 5.41) is 0. The summed E-state index contributed by atoms with van der Waals surface area (Å²) in [6.45, 7) is 4.91. The molecule has 3 nitrogen and oxygen atoms in total. The van der Waals surface area contributed by atoms with Gasteiger partial charge in [0.05, 0.1) is 0 Å². The van der Waals surface area contributed by atoms with Gasteiger partial charge in [-0.15, -0.1) is 0 Å². The minimum Gasteiger partial charge on any atom is -0.206 e. The number of halogens is 2. The van der Waals surface area contributed by atoms with Crippen molar-refractivity contribution < 1.29 is 8.42 Å². The molecule has 0 aromatic heterocycles. The Hall–Kier alpha value is 0.850. The first-order valence-electron chi connectivity index (χ1n) is 4.23. The van der Waals surface area contributed by atoms with Gasteiger partial charge in [0.25, 0.3) is 0 Å². The van der Waals surface area contributed by atoms with E-state index in [0.717, 1.165) is 0 Å². The molecule has 6 heteroatoms. The summed E-state index contributed by atoms with van der Waals surface area (Å²) < 4.78 is 32.5. The molecule has 0 spiro atoms. The predicted molar refractivity (Wildman–Crippen MR) is 80.1 cm³/mol. The maximum Gasteiger partial charge on any atom is 0.248 e. The molecule has 0 N–H and O–H groups in total. The lowest BCUT2D eigenvalue weighted by Crippen LogP contribution is -2.35. The standard InChI is InChI=1S/C8H13I2NO2S/c1-3-11(4-2)14(12,13)8-7-9-5-6-10-8/h5-7H,3-4H2,1-2H3. The predicted octanol–water partition coefficient (Wildman–Crippen LogP) is 2.02. The molecule has 1 rings (SSSR count). The van der Waals surface area contributed by atoms with Crippen LogP contribution >= 0.6 is 41.5 Å². The van der Waals surface area contributed by atoms with Crippen LogP contribution in [-0.2, 0) is 10.0 Å². The molecular formula is C8H13I2NO2S. The molecule has 0 aromatic rings. The van der Waals surface area contributed by atoms with Crippen molar-refractivity contribution in [1.82, 2.24) is 4.31 Å². The smallest absolute Gasteiger partial charge is 0.206 e. The monoisotopic (exact) mass is 441 g/mol. The normalized spacial score (nSPS) is 17.2. The largest absolute Gasteiger partial charge is 0.248 e. The zero-order valence-electron chi connectivity index (χ0n) is 8.07. The van der Waals surface area contributed by atoms with Crippen molar-refractivity contribution in [3.63, 3.8) is 0 Å². The highest BCUT2D eigenvalue weighted by molar-refractivity contribution is 14.2. The van der Waals surface area contributed by atoms with E-state index in [1.54, 1.807) is 4.31 Å². The van der Waals surface area contributed by atoms with E-state index in [2.05, 4.69) is 8.17 Å². The van der Waals surface area contributed by atoms with Gasteiger partial charge < -0.3 is 0 Å². The Bertz CT molecular complexity index is 380. The SMILES string of the molecule is CCN(CC)S(=O)(=O)C1=IC=CI=C1. The summed E-state index contributed by atoms with van der Waals surface area (Å²) in [4.78, 5) is 0. The van der Waals surface area contributed by atoms with E-state index in [1.807, 2.05) is 17.9 Å². The number of nitrogens with zero attached hydrogens (tertiary/aromatic N) is 1. The molecule has 0 aliphatic carbocycles. The van der Waals surface area contributed by atoms with E-state index in [9.17, 15) is 8.42 Å². The van der Waals surface area contributed by atoms with Crippen molar-refractivity contribution in [2.45, 2.75) is 13.8 Å². The lowest BCUT2D eigenvalue weighted by molar-refractivity contribution is 0.456. The second-order valence-electron chi connectivity index (χ2n) is 2.49. The summed E-state index contributed by atoms with van der Waals surface area (Å²) in [5.41, 5.74) is 0. The Morgan fingerprint density at radius 3 is 2.36 bits per heavy atom. The molecule has 14 heavy (non-hydrogen) atoms. The molecular weight excluding hydrogens is 428 g/mol. The third-order valence-electron chi connectivity index (χ3n) is 1.73. The molecule has 0 amide bonds. The third kappa shape index (κ3) is 2.92.